The topological polar surface area (TPSA) is 83.5 Å². The average molecular weight is 193 g/mol. The molecule has 1 aliphatic heterocycles. The highest BCUT2D eigenvalue weighted by atomic mass is 32.2. The maximum absolute atomic E-state index is 10.6. The molecule has 5 nitrogen and oxygen atoms in total. The lowest BCUT2D eigenvalue weighted by Gasteiger charge is -2.26. The van der Waals surface area contributed by atoms with Crippen LogP contribution in [0.25, 0.3) is 0 Å². The molecule has 1 heterocycles. The third-order valence-electron chi connectivity index (χ3n) is 1.68. The van der Waals surface area contributed by atoms with Gasteiger partial charge in [-0.3, -0.25) is 4.79 Å². The van der Waals surface area contributed by atoms with Crippen molar-refractivity contribution in [3.63, 3.8) is 0 Å². The van der Waals surface area contributed by atoms with Crippen molar-refractivity contribution in [1.82, 2.24) is 5.32 Å². The number of carboxylic acids is 1. The van der Waals surface area contributed by atoms with Crippen LogP contribution >= 0.6 is 0 Å². The van der Waals surface area contributed by atoms with Gasteiger partial charge in [-0.1, -0.05) is 0 Å². The summed E-state index contributed by atoms with van der Waals surface area (Å²) in [5, 5.41) is 11.1. The van der Waals surface area contributed by atoms with Gasteiger partial charge in [0.1, 0.15) is 0 Å². The van der Waals surface area contributed by atoms with Crippen LogP contribution in [0.1, 0.15) is 6.42 Å². The van der Waals surface area contributed by atoms with Gasteiger partial charge in [-0.15, -0.1) is 0 Å². The van der Waals surface area contributed by atoms with Gasteiger partial charge >= 0.3 is 5.97 Å². The number of aliphatic carboxylic acids is 1. The van der Waals surface area contributed by atoms with Gasteiger partial charge in [0.2, 0.25) is 0 Å². The molecule has 0 radical (unpaired) electrons. The smallest absolute Gasteiger partial charge is 0.304 e. The molecule has 0 atom stereocenters. The first-order valence-electron chi connectivity index (χ1n) is 3.65. The molecule has 1 fully saturated rings. The Bertz CT molecular complexity index is 259. The summed E-state index contributed by atoms with van der Waals surface area (Å²) in [6.07, 6.45) is 0.0382. The van der Waals surface area contributed by atoms with E-state index in [0.717, 1.165) is 0 Å². The van der Waals surface area contributed by atoms with Crippen molar-refractivity contribution in [3.05, 3.63) is 0 Å². The normalized spacial score (nSPS) is 21.7. The maximum atomic E-state index is 10.6. The van der Waals surface area contributed by atoms with E-state index >= 15 is 0 Å². The van der Waals surface area contributed by atoms with E-state index in [0.29, 0.717) is 6.54 Å². The van der Waals surface area contributed by atoms with Crippen molar-refractivity contribution in [2.24, 2.45) is 0 Å². The van der Waals surface area contributed by atoms with E-state index < -0.39 is 15.8 Å². The molecule has 2 N–H and O–H groups in total. The number of hydrogen-bond donors (Lipinski definition) is 2. The third-order valence-corrected chi connectivity index (χ3v) is 3.50. The Morgan fingerprint density at radius 3 is 2.50 bits per heavy atom. The van der Waals surface area contributed by atoms with Gasteiger partial charge in [-0.25, -0.2) is 8.42 Å². The van der Waals surface area contributed by atoms with Crippen LogP contribution in [-0.4, -0.2) is 43.6 Å². The number of carboxylic acid groups (broad SMARTS) is 1. The number of carbonyl (C=O) groups is 1. The monoisotopic (exact) mass is 193 g/mol. The summed E-state index contributed by atoms with van der Waals surface area (Å²) in [5.74, 6) is -0.580. The van der Waals surface area contributed by atoms with E-state index in [9.17, 15) is 13.2 Å². The molecule has 70 valence electrons. The molecule has 0 saturated carbocycles. The Kier molecular flexibility index (Phi) is 2.69. The summed E-state index contributed by atoms with van der Waals surface area (Å²) in [7, 11) is -2.79. The third kappa shape index (κ3) is 2.78. The fraction of sp³-hybridized carbons (Fsp3) is 0.833. The second kappa shape index (κ2) is 3.40. The molecule has 0 aromatic heterocycles. The van der Waals surface area contributed by atoms with Gasteiger partial charge < -0.3 is 10.4 Å². The lowest BCUT2D eigenvalue weighted by molar-refractivity contribution is -0.136. The summed E-state index contributed by atoms with van der Waals surface area (Å²) < 4.78 is 21.3. The lowest BCUT2D eigenvalue weighted by Crippen LogP contribution is -2.51. The Hall–Kier alpha value is -0.620. The van der Waals surface area contributed by atoms with Crippen molar-refractivity contribution in [3.8, 4) is 0 Å². The van der Waals surface area contributed by atoms with Gasteiger partial charge in [-0.2, -0.15) is 0 Å². The first-order chi connectivity index (χ1) is 5.49. The van der Waals surface area contributed by atoms with Crippen LogP contribution in [0.5, 0.6) is 0 Å². The number of sulfone groups is 1. The highest BCUT2D eigenvalue weighted by Gasteiger charge is 2.32. The zero-order valence-corrected chi connectivity index (χ0v) is 7.30. The minimum atomic E-state index is -2.79. The van der Waals surface area contributed by atoms with E-state index in [2.05, 4.69) is 5.32 Å². The Morgan fingerprint density at radius 1 is 1.50 bits per heavy atom. The van der Waals surface area contributed by atoms with Crippen molar-refractivity contribution in [1.29, 1.82) is 0 Å². The summed E-state index contributed by atoms with van der Waals surface area (Å²) in [6, 6.07) is -0.0330. The maximum Gasteiger partial charge on any atom is 0.304 e. The summed E-state index contributed by atoms with van der Waals surface area (Å²) in [5.41, 5.74) is 0. The molecular weight excluding hydrogens is 182 g/mol. The number of nitrogens with one attached hydrogen (secondary N) is 1. The first-order valence-corrected chi connectivity index (χ1v) is 5.47. The van der Waals surface area contributed by atoms with Crippen molar-refractivity contribution >= 4 is 15.8 Å². The molecule has 1 saturated heterocycles. The molecule has 0 spiro atoms. The van der Waals surface area contributed by atoms with Crippen LogP contribution in [0.3, 0.4) is 0 Å². The summed E-state index contributed by atoms with van der Waals surface area (Å²) in [4.78, 5) is 10.1. The highest BCUT2D eigenvalue weighted by molar-refractivity contribution is 7.92. The van der Waals surface area contributed by atoms with Crippen molar-refractivity contribution < 1.29 is 18.3 Å². The van der Waals surface area contributed by atoms with Gasteiger partial charge in [-0.05, 0) is 0 Å². The fourth-order valence-electron chi connectivity index (χ4n) is 1.07. The first kappa shape index (κ1) is 9.47. The zero-order valence-electron chi connectivity index (χ0n) is 6.49. The van der Waals surface area contributed by atoms with E-state index in [1.807, 2.05) is 0 Å². The minimum Gasteiger partial charge on any atom is -0.481 e. The predicted octanol–water partition coefficient (Wildman–Crippen LogP) is -1.15. The zero-order chi connectivity index (χ0) is 9.19. The second-order valence-corrected chi connectivity index (χ2v) is 5.03. The largest absolute Gasteiger partial charge is 0.481 e. The van der Waals surface area contributed by atoms with Crippen LogP contribution in [0.2, 0.25) is 0 Å². The standard InChI is InChI=1S/C6H11NO4S/c8-6(9)1-2-7-5-3-12(10,11)4-5/h5,7H,1-4H2,(H,8,9). The molecule has 6 heteroatoms. The van der Waals surface area contributed by atoms with Crippen molar-refractivity contribution in [2.75, 3.05) is 18.1 Å². The molecule has 0 aliphatic carbocycles. The van der Waals surface area contributed by atoms with Crippen LogP contribution < -0.4 is 5.32 Å². The van der Waals surface area contributed by atoms with E-state index in [1.54, 1.807) is 0 Å². The summed E-state index contributed by atoms with van der Waals surface area (Å²) in [6.45, 7) is 0.343. The van der Waals surface area contributed by atoms with Gasteiger partial charge in [0.15, 0.2) is 9.84 Å². The van der Waals surface area contributed by atoms with Crippen LogP contribution in [-0.2, 0) is 14.6 Å². The molecule has 0 unspecified atom stereocenters. The number of rotatable bonds is 4. The Morgan fingerprint density at radius 2 is 2.08 bits per heavy atom. The highest BCUT2D eigenvalue weighted by Crippen LogP contribution is 2.09. The molecule has 0 aromatic carbocycles. The SMILES string of the molecule is O=C(O)CCNC1CS(=O)(=O)C1. The van der Waals surface area contributed by atoms with E-state index in [4.69, 9.17) is 5.11 Å². The quantitative estimate of drug-likeness (QED) is 0.589. The Balaban J connectivity index is 2.08. The van der Waals surface area contributed by atoms with Crippen molar-refractivity contribution in [2.45, 2.75) is 12.5 Å². The molecule has 1 rings (SSSR count). The molecule has 0 bridgehead atoms. The van der Waals surface area contributed by atoms with Crippen LogP contribution in [0, 0.1) is 0 Å². The van der Waals surface area contributed by atoms with E-state index in [-0.39, 0.29) is 24.0 Å². The van der Waals surface area contributed by atoms with Crippen LogP contribution in [0.4, 0.5) is 0 Å². The van der Waals surface area contributed by atoms with E-state index in [1.165, 1.54) is 0 Å². The molecule has 0 aromatic rings. The molecular formula is C6H11NO4S. The van der Waals surface area contributed by atoms with Crippen LogP contribution in [0.15, 0.2) is 0 Å². The minimum absolute atomic E-state index is 0.0330. The lowest BCUT2D eigenvalue weighted by atomic mass is 10.3. The number of hydrogen-bond acceptors (Lipinski definition) is 4. The average Bonchev–Trinajstić information content (AvgIpc) is 1.82. The predicted molar refractivity (Wildman–Crippen MR) is 42.7 cm³/mol. The fourth-order valence-corrected chi connectivity index (χ4v) is 2.43. The van der Waals surface area contributed by atoms with Gasteiger partial charge in [0.05, 0.1) is 17.9 Å². The Labute approximate surface area is 70.7 Å². The van der Waals surface area contributed by atoms with Gasteiger partial charge in [0, 0.05) is 12.6 Å². The molecule has 0 amide bonds. The molecule has 1 aliphatic rings. The van der Waals surface area contributed by atoms with Gasteiger partial charge in [0.25, 0.3) is 0 Å². The molecule has 12 heavy (non-hydrogen) atoms. The summed E-state index contributed by atoms with van der Waals surface area (Å²) >= 11 is 0. The second-order valence-electron chi connectivity index (χ2n) is 2.87.